The topological polar surface area (TPSA) is 70.2 Å². The molecule has 0 saturated carbocycles. The summed E-state index contributed by atoms with van der Waals surface area (Å²) in [6.07, 6.45) is 4.40. The molecule has 4 rings (SSSR count). The monoisotopic (exact) mass is 367 g/mol. The number of hydrogen-bond donors (Lipinski definition) is 3. The van der Waals surface area contributed by atoms with E-state index in [1.54, 1.807) is 13.8 Å². The normalized spacial score (nSPS) is 19.7. The number of H-pyrrole nitrogens is 1. The summed E-state index contributed by atoms with van der Waals surface area (Å²) in [7, 11) is 0.495. The van der Waals surface area contributed by atoms with Crippen molar-refractivity contribution in [2.75, 3.05) is 6.54 Å². The van der Waals surface area contributed by atoms with E-state index in [0.29, 0.717) is 13.5 Å². The Labute approximate surface area is 162 Å². The fourth-order valence-electron chi connectivity index (χ4n) is 3.79. The predicted molar refractivity (Wildman–Crippen MR) is 110 cm³/mol. The summed E-state index contributed by atoms with van der Waals surface area (Å²) in [6.45, 7) is 8.52. The van der Waals surface area contributed by atoms with Gasteiger partial charge in [-0.2, -0.15) is 0 Å². The van der Waals surface area contributed by atoms with Crippen molar-refractivity contribution in [3.8, 4) is 11.3 Å². The van der Waals surface area contributed by atoms with Crippen LogP contribution in [0.15, 0.2) is 18.2 Å². The second kappa shape index (κ2) is 6.76. The molecule has 3 N–H and O–H groups in total. The number of benzene rings is 1. The van der Waals surface area contributed by atoms with E-state index in [1.807, 2.05) is 13.8 Å². The van der Waals surface area contributed by atoms with E-state index in [1.165, 1.54) is 23.2 Å². The highest BCUT2D eigenvalue weighted by molar-refractivity contribution is 6.47. The Balaban J connectivity index is 1.54. The van der Waals surface area contributed by atoms with Crippen LogP contribution in [0.5, 0.6) is 0 Å². The average Bonchev–Trinajstić information content (AvgIpc) is 3.27. The zero-order chi connectivity index (χ0) is 19.2. The molecule has 6 heteroatoms. The van der Waals surface area contributed by atoms with Crippen LogP contribution in [-0.2, 0) is 17.5 Å². The minimum absolute atomic E-state index is 0.371. The van der Waals surface area contributed by atoms with Crippen LogP contribution in [0.25, 0.3) is 11.3 Å². The number of aliphatic hydroxyl groups is 1. The van der Waals surface area contributed by atoms with Gasteiger partial charge in [-0.05, 0) is 65.5 Å². The van der Waals surface area contributed by atoms with Crippen molar-refractivity contribution in [1.82, 2.24) is 15.3 Å². The van der Waals surface area contributed by atoms with Gasteiger partial charge in [-0.1, -0.05) is 23.7 Å². The number of aryl methyl sites for hydroxylation is 2. The molecule has 27 heavy (non-hydrogen) atoms. The van der Waals surface area contributed by atoms with Crippen LogP contribution in [0, 0.1) is 0 Å². The molecular weight excluding hydrogens is 337 g/mol. The van der Waals surface area contributed by atoms with E-state index >= 15 is 0 Å². The van der Waals surface area contributed by atoms with Crippen molar-refractivity contribution < 1.29 is 9.76 Å². The SMILES string of the molecule is CC(C)(O)C(C)(C)OBc1ccc2c(c1)CCc1[nH]c([C@@H]3CCCN3)nc1-2. The molecule has 1 aliphatic carbocycles. The minimum atomic E-state index is -0.893. The highest BCUT2D eigenvalue weighted by Crippen LogP contribution is 2.33. The van der Waals surface area contributed by atoms with Crippen LogP contribution in [-0.4, -0.2) is 40.3 Å². The van der Waals surface area contributed by atoms with Gasteiger partial charge in [0.05, 0.1) is 22.9 Å². The van der Waals surface area contributed by atoms with Gasteiger partial charge in [-0.25, -0.2) is 4.98 Å². The van der Waals surface area contributed by atoms with Gasteiger partial charge in [0.25, 0.3) is 0 Å². The van der Waals surface area contributed by atoms with Gasteiger partial charge in [0, 0.05) is 11.3 Å². The lowest BCUT2D eigenvalue weighted by atomic mass is 9.80. The first-order valence-corrected chi connectivity index (χ1v) is 10.1. The molecule has 5 nitrogen and oxygen atoms in total. The van der Waals surface area contributed by atoms with E-state index in [0.717, 1.165) is 42.8 Å². The van der Waals surface area contributed by atoms with Crippen LogP contribution in [0.3, 0.4) is 0 Å². The van der Waals surface area contributed by atoms with E-state index in [2.05, 4.69) is 28.5 Å². The predicted octanol–water partition coefficient (Wildman–Crippen LogP) is 2.14. The number of nitrogens with one attached hydrogen (secondary N) is 2. The average molecular weight is 367 g/mol. The van der Waals surface area contributed by atoms with Crippen LogP contribution in [0.4, 0.5) is 0 Å². The lowest BCUT2D eigenvalue weighted by Crippen LogP contribution is -2.49. The fraction of sp³-hybridized carbons (Fsp3) is 0.571. The quantitative estimate of drug-likeness (QED) is 0.709. The number of rotatable bonds is 5. The van der Waals surface area contributed by atoms with E-state index in [4.69, 9.17) is 9.64 Å². The number of imidazole rings is 1. The molecule has 0 bridgehead atoms. The molecule has 144 valence electrons. The molecule has 0 amide bonds. The molecule has 2 aliphatic rings. The van der Waals surface area contributed by atoms with Crippen molar-refractivity contribution in [2.45, 2.75) is 70.6 Å². The van der Waals surface area contributed by atoms with Gasteiger partial charge in [-0.15, -0.1) is 0 Å². The van der Waals surface area contributed by atoms with E-state index in [-0.39, 0.29) is 0 Å². The first kappa shape index (κ1) is 18.7. The molecule has 1 aromatic heterocycles. The van der Waals surface area contributed by atoms with E-state index in [9.17, 15) is 5.11 Å². The Morgan fingerprint density at radius 1 is 1.22 bits per heavy atom. The summed E-state index contributed by atoms with van der Waals surface area (Å²) >= 11 is 0. The Morgan fingerprint density at radius 3 is 2.74 bits per heavy atom. The van der Waals surface area contributed by atoms with Crippen molar-refractivity contribution in [2.24, 2.45) is 0 Å². The second-order valence-corrected chi connectivity index (χ2v) is 8.95. The molecule has 1 aliphatic heterocycles. The molecule has 1 aromatic carbocycles. The highest BCUT2D eigenvalue weighted by Gasteiger charge is 2.35. The van der Waals surface area contributed by atoms with Crippen LogP contribution in [0.1, 0.15) is 63.7 Å². The van der Waals surface area contributed by atoms with Crippen molar-refractivity contribution >= 4 is 12.9 Å². The lowest BCUT2D eigenvalue weighted by molar-refractivity contribution is -0.0893. The minimum Gasteiger partial charge on any atom is -0.427 e. The third-order valence-electron chi connectivity index (χ3n) is 6.33. The van der Waals surface area contributed by atoms with Crippen molar-refractivity contribution in [3.63, 3.8) is 0 Å². The number of fused-ring (bicyclic) bond motifs is 3. The number of aromatic amines is 1. The van der Waals surface area contributed by atoms with Gasteiger partial charge in [-0.3, -0.25) is 0 Å². The lowest BCUT2D eigenvalue weighted by Gasteiger charge is -2.37. The molecule has 2 heterocycles. The summed E-state index contributed by atoms with van der Waals surface area (Å²) < 4.78 is 6.03. The summed E-state index contributed by atoms with van der Waals surface area (Å²) in [4.78, 5) is 8.51. The van der Waals surface area contributed by atoms with E-state index < -0.39 is 11.2 Å². The maximum absolute atomic E-state index is 10.3. The zero-order valence-electron chi connectivity index (χ0n) is 16.9. The zero-order valence-corrected chi connectivity index (χ0v) is 16.9. The van der Waals surface area contributed by atoms with Gasteiger partial charge in [0.2, 0.25) is 0 Å². The Morgan fingerprint density at radius 2 is 2.04 bits per heavy atom. The smallest absolute Gasteiger partial charge is 0.309 e. The summed E-state index contributed by atoms with van der Waals surface area (Å²) in [5, 5.41) is 13.8. The van der Waals surface area contributed by atoms with Gasteiger partial charge >= 0.3 is 7.48 Å². The third kappa shape index (κ3) is 3.58. The first-order chi connectivity index (χ1) is 12.7. The van der Waals surface area contributed by atoms with Gasteiger partial charge in [0.15, 0.2) is 0 Å². The van der Waals surface area contributed by atoms with Crippen molar-refractivity contribution in [1.29, 1.82) is 0 Å². The maximum Gasteiger partial charge on any atom is 0.309 e. The highest BCUT2D eigenvalue weighted by atomic mass is 16.5. The Bertz CT molecular complexity index is 832. The molecule has 1 fully saturated rings. The first-order valence-electron chi connectivity index (χ1n) is 10.1. The summed E-state index contributed by atoms with van der Waals surface area (Å²) in [5.41, 5.74) is 4.59. The second-order valence-electron chi connectivity index (χ2n) is 8.95. The summed E-state index contributed by atoms with van der Waals surface area (Å²) in [5.74, 6) is 1.09. The fourth-order valence-corrected chi connectivity index (χ4v) is 3.79. The molecule has 2 aromatic rings. The number of aromatic nitrogens is 2. The molecule has 0 unspecified atom stereocenters. The van der Waals surface area contributed by atoms with Crippen LogP contribution >= 0.6 is 0 Å². The molecule has 0 spiro atoms. The third-order valence-corrected chi connectivity index (χ3v) is 6.33. The summed E-state index contributed by atoms with van der Waals surface area (Å²) in [6, 6.07) is 6.91. The standard InChI is InChI=1S/C21H30BN3O2/c1-20(2,26)21(3,4)27-22-14-8-9-15-13(12-14)7-10-16-18(15)25-19(24-16)17-6-5-11-23-17/h8-9,12,17,22-23,26H,5-7,10-11H2,1-4H3,(H,24,25)/t17-/m0/s1. The molecule has 0 radical (unpaired) electrons. The maximum atomic E-state index is 10.3. The molecule has 1 atom stereocenters. The van der Waals surface area contributed by atoms with Crippen LogP contribution < -0.4 is 10.8 Å². The number of hydrogen-bond acceptors (Lipinski definition) is 4. The molecule has 1 saturated heterocycles. The van der Waals surface area contributed by atoms with Crippen LogP contribution in [0.2, 0.25) is 0 Å². The largest absolute Gasteiger partial charge is 0.427 e. The van der Waals surface area contributed by atoms with Gasteiger partial charge in [0.1, 0.15) is 5.82 Å². The number of nitrogens with zero attached hydrogens (tertiary/aromatic N) is 1. The van der Waals surface area contributed by atoms with Crippen molar-refractivity contribution in [3.05, 3.63) is 35.3 Å². The molecular formula is C21H30BN3O2. The van der Waals surface area contributed by atoms with Gasteiger partial charge < -0.3 is 20.1 Å². The Kier molecular flexibility index (Phi) is 4.69. The Hall–Kier alpha value is -1.63.